The van der Waals surface area contributed by atoms with Gasteiger partial charge in [0.15, 0.2) is 0 Å². The largest absolute Gasteiger partial charge is 0.497 e. The third-order valence-electron chi connectivity index (χ3n) is 4.26. The summed E-state index contributed by atoms with van der Waals surface area (Å²) in [4.78, 5) is 4.42. The maximum absolute atomic E-state index is 5.62. The Balaban J connectivity index is 1.63. The molecule has 1 aliphatic rings. The summed E-state index contributed by atoms with van der Waals surface area (Å²) in [5.41, 5.74) is 3.81. The van der Waals surface area contributed by atoms with Crippen molar-refractivity contribution in [1.29, 1.82) is 0 Å². The number of rotatable bonds is 4. The standard InChI is InChI=1S/C17H22N2O2/c1-11-12(2)21-17(19-11)10-18-15-6-4-13-5-7-16(20-3)9-14(13)8-15/h5,7,9,15,18H,4,6,8,10H2,1-3H3. The highest BCUT2D eigenvalue weighted by Gasteiger charge is 2.19. The number of oxazole rings is 1. The van der Waals surface area contributed by atoms with Gasteiger partial charge in [0.2, 0.25) is 5.89 Å². The lowest BCUT2D eigenvalue weighted by atomic mass is 9.88. The lowest BCUT2D eigenvalue weighted by Gasteiger charge is -2.25. The second-order valence-electron chi connectivity index (χ2n) is 5.70. The van der Waals surface area contributed by atoms with Crippen LogP contribution in [0.15, 0.2) is 22.6 Å². The van der Waals surface area contributed by atoms with Crippen LogP contribution in [0.25, 0.3) is 0 Å². The quantitative estimate of drug-likeness (QED) is 0.938. The van der Waals surface area contributed by atoms with E-state index in [1.165, 1.54) is 11.1 Å². The molecule has 4 nitrogen and oxygen atoms in total. The number of ether oxygens (including phenoxy) is 1. The number of hydrogen-bond acceptors (Lipinski definition) is 4. The highest BCUT2D eigenvalue weighted by molar-refractivity contribution is 5.37. The summed E-state index contributed by atoms with van der Waals surface area (Å²) >= 11 is 0. The minimum atomic E-state index is 0.470. The Bertz CT molecular complexity index is 614. The number of fused-ring (bicyclic) bond motifs is 1. The van der Waals surface area contributed by atoms with Gasteiger partial charge in [-0.15, -0.1) is 0 Å². The molecule has 1 atom stereocenters. The molecule has 0 aliphatic heterocycles. The Morgan fingerprint density at radius 2 is 2.19 bits per heavy atom. The molecule has 4 heteroatoms. The highest BCUT2D eigenvalue weighted by atomic mass is 16.5. The Morgan fingerprint density at radius 1 is 1.33 bits per heavy atom. The van der Waals surface area contributed by atoms with Gasteiger partial charge >= 0.3 is 0 Å². The number of aromatic nitrogens is 1. The fourth-order valence-electron chi connectivity index (χ4n) is 2.88. The molecule has 0 bridgehead atoms. The first-order valence-electron chi connectivity index (χ1n) is 7.48. The Morgan fingerprint density at radius 3 is 2.90 bits per heavy atom. The zero-order valence-electron chi connectivity index (χ0n) is 12.9. The number of methoxy groups -OCH3 is 1. The number of hydrogen-bond donors (Lipinski definition) is 1. The summed E-state index contributed by atoms with van der Waals surface area (Å²) in [7, 11) is 1.72. The first kappa shape index (κ1) is 14.1. The van der Waals surface area contributed by atoms with E-state index in [4.69, 9.17) is 9.15 Å². The van der Waals surface area contributed by atoms with Crippen LogP contribution in [0.1, 0.15) is 34.9 Å². The first-order chi connectivity index (χ1) is 10.2. The van der Waals surface area contributed by atoms with Gasteiger partial charge in [-0.25, -0.2) is 4.98 Å². The third kappa shape index (κ3) is 3.10. The predicted molar refractivity (Wildman–Crippen MR) is 81.6 cm³/mol. The number of nitrogens with zero attached hydrogens (tertiary/aromatic N) is 1. The van der Waals surface area contributed by atoms with Crippen molar-refractivity contribution in [3.8, 4) is 5.75 Å². The molecule has 2 aromatic rings. The molecule has 1 aromatic carbocycles. The van der Waals surface area contributed by atoms with Crippen LogP contribution < -0.4 is 10.1 Å². The molecule has 0 saturated heterocycles. The van der Waals surface area contributed by atoms with E-state index in [0.29, 0.717) is 12.6 Å². The fourth-order valence-corrected chi connectivity index (χ4v) is 2.88. The normalized spacial score (nSPS) is 17.6. The smallest absolute Gasteiger partial charge is 0.208 e. The van der Waals surface area contributed by atoms with Gasteiger partial charge in [0.05, 0.1) is 19.3 Å². The van der Waals surface area contributed by atoms with E-state index >= 15 is 0 Å². The molecule has 3 rings (SSSR count). The molecule has 1 aliphatic carbocycles. The van der Waals surface area contributed by atoms with Crippen LogP contribution in [0, 0.1) is 13.8 Å². The maximum atomic E-state index is 5.62. The average molecular weight is 286 g/mol. The van der Waals surface area contributed by atoms with Crippen LogP contribution in [0.5, 0.6) is 5.75 Å². The van der Waals surface area contributed by atoms with Crippen LogP contribution >= 0.6 is 0 Å². The van der Waals surface area contributed by atoms with E-state index in [1.807, 2.05) is 19.9 Å². The Hall–Kier alpha value is -1.81. The van der Waals surface area contributed by atoms with Gasteiger partial charge in [-0.1, -0.05) is 6.07 Å². The van der Waals surface area contributed by atoms with Crippen molar-refractivity contribution in [2.45, 2.75) is 45.7 Å². The summed E-state index contributed by atoms with van der Waals surface area (Å²) in [6.07, 6.45) is 3.30. The molecular formula is C17H22N2O2. The van der Waals surface area contributed by atoms with Gasteiger partial charge in [-0.2, -0.15) is 0 Å². The maximum Gasteiger partial charge on any atom is 0.208 e. The van der Waals surface area contributed by atoms with Crippen molar-refractivity contribution in [1.82, 2.24) is 10.3 Å². The van der Waals surface area contributed by atoms with Crippen LogP contribution in [-0.2, 0) is 19.4 Å². The SMILES string of the molecule is COc1ccc2c(c1)CC(NCc1nc(C)c(C)o1)CC2. The minimum Gasteiger partial charge on any atom is -0.497 e. The Kier molecular flexibility index (Phi) is 3.97. The van der Waals surface area contributed by atoms with Crippen LogP contribution in [-0.4, -0.2) is 18.1 Å². The molecule has 0 fully saturated rings. The van der Waals surface area contributed by atoms with Crippen molar-refractivity contribution in [2.75, 3.05) is 7.11 Å². The minimum absolute atomic E-state index is 0.470. The molecule has 0 radical (unpaired) electrons. The molecule has 0 spiro atoms. The van der Waals surface area contributed by atoms with Crippen molar-refractivity contribution in [3.63, 3.8) is 0 Å². The van der Waals surface area contributed by atoms with Crippen molar-refractivity contribution < 1.29 is 9.15 Å². The van der Waals surface area contributed by atoms with Crippen LogP contribution in [0.2, 0.25) is 0 Å². The summed E-state index contributed by atoms with van der Waals surface area (Å²) < 4.78 is 10.9. The van der Waals surface area contributed by atoms with E-state index in [1.54, 1.807) is 7.11 Å². The van der Waals surface area contributed by atoms with Gasteiger partial charge in [0, 0.05) is 6.04 Å². The number of nitrogens with one attached hydrogen (secondary N) is 1. The molecule has 1 aromatic heterocycles. The molecule has 1 unspecified atom stereocenters. The summed E-state index contributed by atoms with van der Waals surface area (Å²) in [5.74, 6) is 2.63. The van der Waals surface area contributed by atoms with Gasteiger partial charge in [0.25, 0.3) is 0 Å². The van der Waals surface area contributed by atoms with Gasteiger partial charge in [0.1, 0.15) is 11.5 Å². The van der Waals surface area contributed by atoms with Crippen molar-refractivity contribution in [2.24, 2.45) is 0 Å². The molecule has 0 saturated carbocycles. The highest BCUT2D eigenvalue weighted by Crippen LogP contribution is 2.25. The Labute approximate surface area is 125 Å². The van der Waals surface area contributed by atoms with Crippen LogP contribution in [0.3, 0.4) is 0 Å². The lowest BCUT2D eigenvalue weighted by molar-refractivity contribution is 0.395. The van der Waals surface area contributed by atoms with E-state index in [9.17, 15) is 0 Å². The average Bonchev–Trinajstić information content (AvgIpc) is 2.83. The third-order valence-corrected chi connectivity index (χ3v) is 4.26. The zero-order chi connectivity index (χ0) is 14.8. The molecular weight excluding hydrogens is 264 g/mol. The van der Waals surface area contributed by atoms with Gasteiger partial charge < -0.3 is 14.5 Å². The molecule has 0 amide bonds. The van der Waals surface area contributed by atoms with E-state index in [0.717, 1.165) is 42.4 Å². The second-order valence-corrected chi connectivity index (χ2v) is 5.70. The monoisotopic (exact) mass is 286 g/mol. The second kappa shape index (κ2) is 5.90. The number of aryl methyl sites for hydroxylation is 3. The van der Waals surface area contributed by atoms with E-state index in [-0.39, 0.29) is 0 Å². The zero-order valence-corrected chi connectivity index (χ0v) is 12.9. The number of benzene rings is 1. The van der Waals surface area contributed by atoms with E-state index < -0.39 is 0 Å². The van der Waals surface area contributed by atoms with E-state index in [2.05, 4.69) is 22.4 Å². The van der Waals surface area contributed by atoms with Crippen LogP contribution in [0.4, 0.5) is 0 Å². The van der Waals surface area contributed by atoms with Gasteiger partial charge in [-0.05, 0) is 56.4 Å². The molecule has 112 valence electrons. The summed E-state index contributed by atoms with van der Waals surface area (Å²) in [6.45, 7) is 4.62. The van der Waals surface area contributed by atoms with Crippen molar-refractivity contribution >= 4 is 0 Å². The molecule has 21 heavy (non-hydrogen) atoms. The summed E-state index contributed by atoms with van der Waals surface area (Å²) in [6, 6.07) is 6.86. The summed E-state index contributed by atoms with van der Waals surface area (Å²) in [5, 5.41) is 3.56. The molecule has 1 N–H and O–H groups in total. The predicted octanol–water partition coefficient (Wildman–Crippen LogP) is 2.95. The van der Waals surface area contributed by atoms with Crippen molar-refractivity contribution in [3.05, 3.63) is 46.7 Å². The molecule has 1 heterocycles. The van der Waals surface area contributed by atoms with Gasteiger partial charge in [-0.3, -0.25) is 0 Å². The fraction of sp³-hybridized carbons (Fsp3) is 0.471. The topological polar surface area (TPSA) is 47.3 Å². The first-order valence-corrected chi connectivity index (χ1v) is 7.48. The lowest BCUT2D eigenvalue weighted by Crippen LogP contribution is -2.34.